The number of nitrogens with zero attached hydrogens (tertiary/aromatic N) is 1. The van der Waals surface area contributed by atoms with Gasteiger partial charge in [0.1, 0.15) is 0 Å². The summed E-state index contributed by atoms with van der Waals surface area (Å²) in [7, 11) is -1.22. The van der Waals surface area contributed by atoms with E-state index < -0.39 is 58.5 Å². The molecular weight excluding hydrogens is 673 g/mol. The van der Waals surface area contributed by atoms with Crippen LogP contribution in [-0.4, -0.2) is 68.8 Å². The van der Waals surface area contributed by atoms with Crippen molar-refractivity contribution in [1.29, 1.82) is 0 Å². The van der Waals surface area contributed by atoms with Crippen LogP contribution < -0.4 is 10.2 Å². The second-order valence-corrected chi connectivity index (χ2v) is 11.2. The Kier molecular flexibility index (Phi) is 7.03. The first-order chi connectivity index (χ1) is 16.6. The average molecular weight is 695 g/mol. The van der Waals surface area contributed by atoms with Crippen LogP contribution in [0.25, 0.3) is 10.8 Å². The molecule has 1 heterocycles. The first-order valence-corrected chi connectivity index (χ1v) is 12.8. The Balaban J connectivity index is 2.03. The topological polar surface area (TPSA) is 101 Å². The predicted molar refractivity (Wildman–Crippen MR) is 128 cm³/mol. The fourth-order valence-corrected chi connectivity index (χ4v) is 4.89. The number of aliphatic imine (C=N–C) groups is 1. The Morgan fingerprint density at radius 2 is 1.53 bits per heavy atom. The summed E-state index contributed by atoms with van der Waals surface area (Å²) in [6, 6.07) is 11.8. The van der Waals surface area contributed by atoms with Crippen molar-refractivity contribution in [3.05, 3.63) is 65.5 Å². The number of hydrogen-bond donors (Lipinski definition) is 3. The standard InChI is InChI=1S/C24H22BF3NO6.Pb/c1-22(2)23(3,4)35-25(34-22)16-11-14(29-12-13-8-6-5-7-9-13)10-15-17(16)21(33-24(30,31)32)20(28)19(27)18(15)26;/h5-11,30-32H,1-4H3;. The number of ether oxygens (including phenoxy) is 1. The van der Waals surface area contributed by atoms with E-state index in [4.69, 9.17) is 9.31 Å². The Labute approximate surface area is 221 Å². The van der Waals surface area contributed by atoms with Gasteiger partial charge in [-0.15, -0.1) is 0 Å². The van der Waals surface area contributed by atoms with Crippen LogP contribution in [0.3, 0.4) is 0 Å². The van der Waals surface area contributed by atoms with Gasteiger partial charge in [-0.05, 0) is 0 Å². The second-order valence-electron chi connectivity index (χ2n) is 9.32. The quantitative estimate of drug-likeness (QED) is 0.165. The van der Waals surface area contributed by atoms with Gasteiger partial charge in [-0.25, -0.2) is 0 Å². The van der Waals surface area contributed by atoms with Crippen molar-refractivity contribution in [2.75, 3.05) is 0 Å². The van der Waals surface area contributed by atoms with Crippen molar-refractivity contribution in [2.24, 2.45) is 4.99 Å². The van der Waals surface area contributed by atoms with E-state index in [1.54, 1.807) is 27.7 Å². The van der Waals surface area contributed by atoms with Crippen molar-refractivity contribution in [1.82, 2.24) is 0 Å². The number of halogens is 3. The zero-order chi connectivity index (χ0) is 26.6. The van der Waals surface area contributed by atoms with Crippen LogP contribution in [0.1, 0.15) is 33.3 Å². The van der Waals surface area contributed by atoms with E-state index in [1.165, 1.54) is 12.1 Å². The summed E-state index contributed by atoms with van der Waals surface area (Å²) in [5.74, 6) is -6.50. The van der Waals surface area contributed by atoms with Crippen molar-refractivity contribution < 1.29 is 42.5 Å². The van der Waals surface area contributed by atoms with Crippen LogP contribution in [0, 0.1) is 17.5 Å². The summed E-state index contributed by atoms with van der Waals surface area (Å²) in [5, 5.41) is 27.2. The van der Waals surface area contributed by atoms with E-state index in [1.807, 2.05) is 30.3 Å². The molecule has 1 aliphatic heterocycles. The Bertz CT molecular complexity index is 1350. The minimum atomic E-state index is -3.88. The molecule has 1 fully saturated rings. The van der Waals surface area contributed by atoms with Gasteiger partial charge < -0.3 is 0 Å². The van der Waals surface area contributed by atoms with Crippen LogP contribution in [0.4, 0.5) is 18.9 Å². The molecule has 0 bridgehead atoms. The molecule has 3 radical (unpaired) electrons. The number of benzene rings is 3. The first-order valence-electron chi connectivity index (χ1n) is 10.8. The summed E-state index contributed by atoms with van der Waals surface area (Å²) in [6.07, 6.45) is -3.88. The number of fused-ring (bicyclic) bond motifs is 1. The fraction of sp³-hybridized carbons (Fsp3) is 0.292. The number of aliphatic hydroxyl groups is 3. The SMILES string of the molecule is CC1(C)OB(c2cc(N=[C]([Pb])c3ccccc3)cc3c(F)c(F)c(F)c(OC(O)(O)O)c23)OC1(C)C. The van der Waals surface area contributed by atoms with E-state index >= 15 is 4.39 Å². The van der Waals surface area contributed by atoms with E-state index in [0.717, 1.165) is 5.56 Å². The van der Waals surface area contributed by atoms with E-state index in [9.17, 15) is 24.1 Å². The molecule has 36 heavy (non-hydrogen) atoms. The van der Waals surface area contributed by atoms with Gasteiger partial charge in [0.15, 0.2) is 0 Å². The summed E-state index contributed by atoms with van der Waals surface area (Å²) in [4.78, 5) is 4.58. The van der Waals surface area contributed by atoms with Crippen LogP contribution in [0.15, 0.2) is 47.5 Å². The molecule has 3 aromatic rings. The minimum absolute atomic E-state index is 0.00974. The molecule has 3 aromatic carbocycles. The second kappa shape index (κ2) is 9.37. The molecule has 12 heteroatoms. The molecule has 4 rings (SSSR count). The average Bonchev–Trinajstić information content (AvgIpc) is 3.01. The molecule has 0 saturated carbocycles. The van der Waals surface area contributed by atoms with Gasteiger partial charge in [0.05, 0.1) is 0 Å². The third-order valence-electron chi connectivity index (χ3n) is 6.24. The zero-order valence-electron chi connectivity index (χ0n) is 19.8. The van der Waals surface area contributed by atoms with Crippen molar-refractivity contribution in [2.45, 2.75) is 45.1 Å². The van der Waals surface area contributed by atoms with Crippen molar-refractivity contribution >= 4 is 58.1 Å². The van der Waals surface area contributed by atoms with Crippen LogP contribution in [-0.2, 0) is 9.31 Å². The maximum atomic E-state index is 15.1. The third kappa shape index (κ3) is 5.04. The van der Waals surface area contributed by atoms with Gasteiger partial charge in [-0.3, -0.25) is 0 Å². The molecule has 0 atom stereocenters. The third-order valence-corrected chi connectivity index (χ3v) is 7.79. The molecule has 187 valence electrons. The molecule has 0 unspecified atom stereocenters. The van der Waals surface area contributed by atoms with Gasteiger partial charge in [-0.2, -0.15) is 0 Å². The molecule has 1 saturated heterocycles. The molecule has 0 aromatic heterocycles. The normalized spacial score (nSPS) is 17.6. The van der Waals surface area contributed by atoms with E-state index in [2.05, 4.69) is 9.73 Å². The molecule has 3 N–H and O–H groups in total. The van der Waals surface area contributed by atoms with Gasteiger partial charge in [-0.1, -0.05) is 0 Å². The molecule has 1 aliphatic rings. The van der Waals surface area contributed by atoms with Crippen LogP contribution in [0.2, 0.25) is 0 Å². The van der Waals surface area contributed by atoms with E-state index in [-0.39, 0.29) is 11.2 Å². The fourth-order valence-electron chi connectivity index (χ4n) is 3.74. The molecular formula is C24H22BF3NO6Pb. The van der Waals surface area contributed by atoms with Gasteiger partial charge in [0.2, 0.25) is 0 Å². The first kappa shape index (κ1) is 27.0. The van der Waals surface area contributed by atoms with Crippen LogP contribution >= 0.6 is 0 Å². The van der Waals surface area contributed by atoms with Gasteiger partial charge in [0, 0.05) is 0 Å². The molecule has 0 amide bonds. The molecule has 0 aliphatic carbocycles. The monoisotopic (exact) mass is 696 g/mol. The predicted octanol–water partition coefficient (Wildman–Crippen LogP) is 2.77. The Morgan fingerprint density at radius 3 is 2.08 bits per heavy atom. The van der Waals surface area contributed by atoms with Crippen molar-refractivity contribution in [3.8, 4) is 5.75 Å². The molecule has 7 nitrogen and oxygen atoms in total. The molecule has 0 spiro atoms. The summed E-state index contributed by atoms with van der Waals surface area (Å²) >= 11 is 0.508. The maximum absolute atomic E-state index is 15.1. The zero-order valence-corrected chi connectivity index (χ0v) is 23.7. The summed E-state index contributed by atoms with van der Waals surface area (Å²) in [5.41, 5.74) is -0.696. The van der Waals surface area contributed by atoms with Gasteiger partial charge >= 0.3 is 222 Å². The Morgan fingerprint density at radius 1 is 0.944 bits per heavy atom. The van der Waals surface area contributed by atoms with Crippen LogP contribution in [0.5, 0.6) is 5.75 Å². The summed E-state index contributed by atoms with van der Waals surface area (Å²) in [6.45, 7) is 7.06. The number of hydrogen-bond acceptors (Lipinski definition) is 7. The summed E-state index contributed by atoms with van der Waals surface area (Å²) < 4.78 is 61.8. The van der Waals surface area contributed by atoms with E-state index in [0.29, 0.717) is 29.0 Å². The Hall–Kier alpha value is -2.03. The number of rotatable bonds is 5. The van der Waals surface area contributed by atoms with Crippen molar-refractivity contribution in [3.63, 3.8) is 0 Å². The van der Waals surface area contributed by atoms with Gasteiger partial charge in [0.25, 0.3) is 0 Å².